The van der Waals surface area contributed by atoms with E-state index in [4.69, 9.17) is 9.15 Å². The van der Waals surface area contributed by atoms with Crippen LogP contribution in [0.15, 0.2) is 57.7 Å². The summed E-state index contributed by atoms with van der Waals surface area (Å²) in [5, 5.41) is 31.8. The van der Waals surface area contributed by atoms with Crippen LogP contribution >= 0.6 is 0 Å². The van der Waals surface area contributed by atoms with Crippen LogP contribution in [0.5, 0.6) is 23.0 Å². The lowest BCUT2D eigenvalue weighted by Crippen LogP contribution is -2.48. The highest BCUT2D eigenvalue weighted by Crippen LogP contribution is 2.45. The summed E-state index contributed by atoms with van der Waals surface area (Å²) in [6.45, 7) is 10.4. The number of methoxy groups -OCH3 is 1. The number of ether oxygens (including phenoxy) is 1. The molecule has 1 amide bonds. The second-order valence-corrected chi connectivity index (χ2v) is 12.1. The quantitative estimate of drug-likeness (QED) is 0.208. The van der Waals surface area contributed by atoms with Crippen molar-refractivity contribution in [1.29, 1.82) is 0 Å². The third kappa shape index (κ3) is 5.91. The van der Waals surface area contributed by atoms with E-state index < -0.39 is 22.7 Å². The molecule has 0 bridgehead atoms. The Bertz CT molecular complexity index is 1740. The Morgan fingerprint density at radius 3 is 2.27 bits per heavy atom. The van der Waals surface area contributed by atoms with Crippen molar-refractivity contribution in [3.63, 3.8) is 0 Å². The average Bonchev–Trinajstić information content (AvgIpc) is 3.01. The first-order valence-electron chi connectivity index (χ1n) is 15.0. The summed E-state index contributed by atoms with van der Waals surface area (Å²) in [4.78, 5) is 31.2. The summed E-state index contributed by atoms with van der Waals surface area (Å²) in [5.41, 5.74) is 2.11. The van der Waals surface area contributed by atoms with Crippen molar-refractivity contribution >= 4 is 22.6 Å². The second kappa shape index (κ2) is 12.5. The Hall–Kier alpha value is -4.66. The Labute approximate surface area is 256 Å². The van der Waals surface area contributed by atoms with Crippen LogP contribution in [-0.2, 0) is 6.42 Å². The zero-order chi connectivity index (χ0) is 31.7. The van der Waals surface area contributed by atoms with Crippen LogP contribution in [0.4, 0.5) is 5.69 Å². The first-order chi connectivity index (χ1) is 21.0. The molecule has 1 saturated heterocycles. The van der Waals surface area contributed by atoms with Gasteiger partial charge in [-0.3, -0.25) is 9.59 Å². The maximum absolute atomic E-state index is 13.8. The highest BCUT2D eigenvalue weighted by atomic mass is 16.5. The van der Waals surface area contributed by atoms with Crippen molar-refractivity contribution in [3.8, 4) is 34.1 Å². The Balaban J connectivity index is 1.39. The number of hydrogen-bond acceptors (Lipinski definition) is 8. The number of carbonyl (C=O) groups excluding carboxylic acids is 1. The van der Waals surface area contributed by atoms with Gasteiger partial charge in [-0.15, -0.1) is 0 Å². The zero-order valence-electron chi connectivity index (χ0n) is 25.9. The van der Waals surface area contributed by atoms with Crippen LogP contribution in [0.3, 0.4) is 0 Å². The van der Waals surface area contributed by atoms with E-state index in [0.29, 0.717) is 61.0 Å². The standard InChI is InChI=1S/C35H40N2O7/c1-20(2)17-21(3)18-27-30(38)33(41)32(40)29-31(39)28(22(4)44-34(27)29)23-9-11-24(12-10-23)35(42)37-15-13-36(14-16-37)25-7-6-8-26(19-25)43-5/h6-12,19-21,38,40-41H,13-18H2,1-5H3. The van der Waals surface area contributed by atoms with E-state index >= 15 is 0 Å². The smallest absolute Gasteiger partial charge is 0.253 e. The minimum atomic E-state index is -0.737. The van der Waals surface area contributed by atoms with E-state index in [1.807, 2.05) is 36.1 Å². The maximum atomic E-state index is 13.8. The maximum Gasteiger partial charge on any atom is 0.253 e. The van der Waals surface area contributed by atoms with E-state index in [9.17, 15) is 24.9 Å². The molecule has 1 aliphatic rings. The highest BCUT2D eigenvalue weighted by Gasteiger charge is 2.27. The number of rotatable bonds is 8. The molecule has 5 rings (SSSR count). The summed E-state index contributed by atoms with van der Waals surface area (Å²) in [6, 6.07) is 14.6. The summed E-state index contributed by atoms with van der Waals surface area (Å²) < 4.78 is 11.4. The fraction of sp³-hybridized carbons (Fsp3) is 0.371. The van der Waals surface area contributed by atoms with Crippen LogP contribution in [0.2, 0.25) is 0 Å². The number of fused-ring (bicyclic) bond motifs is 1. The number of phenols is 3. The minimum Gasteiger partial charge on any atom is -0.504 e. The van der Waals surface area contributed by atoms with E-state index in [1.165, 1.54) is 0 Å². The average molecular weight is 601 g/mol. The summed E-state index contributed by atoms with van der Waals surface area (Å²) in [6.07, 6.45) is 1.23. The largest absolute Gasteiger partial charge is 0.504 e. The topological polar surface area (TPSA) is 124 Å². The van der Waals surface area contributed by atoms with Gasteiger partial charge in [0, 0.05) is 49.1 Å². The van der Waals surface area contributed by atoms with Gasteiger partial charge in [-0.25, -0.2) is 0 Å². The lowest BCUT2D eigenvalue weighted by molar-refractivity contribution is 0.0746. The van der Waals surface area contributed by atoms with Gasteiger partial charge in [-0.1, -0.05) is 39.0 Å². The Morgan fingerprint density at radius 2 is 1.64 bits per heavy atom. The number of benzene rings is 3. The number of carbonyl (C=O) groups is 1. The SMILES string of the molecule is COc1cccc(N2CCN(C(=O)c3ccc(-c4c(C)oc5c(CC(C)CC(C)C)c(O)c(O)c(O)c5c4=O)cc3)CC2)c1. The van der Waals surface area contributed by atoms with Crippen LogP contribution < -0.4 is 15.1 Å². The Morgan fingerprint density at radius 1 is 0.955 bits per heavy atom. The lowest BCUT2D eigenvalue weighted by Gasteiger charge is -2.36. The first kappa shape index (κ1) is 30.8. The number of nitrogens with zero attached hydrogens (tertiary/aromatic N) is 2. The number of phenolic OH excluding ortho intramolecular Hbond substituents is 3. The van der Waals surface area contributed by atoms with E-state index in [2.05, 4.69) is 18.7 Å². The number of aromatic hydroxyl groups is 3. The molecule has 0 saturated carbocycles. The zero-order valence-corrected chi connectivity index (χ0v) is 25.9. The molecule has 9 nitrogen and oxygen atoms in total. The molecule has 0 radical (unpaired) electrons. The first-order valence-corrected chi connectivity index (χ1v) is 15.0. The molecule has 232 valence electrons. The molecule has 1 unspecified atom stereocenters. The van der Waals surface area contributed by atoms with Gasteiger partial charge >= 0.3 is 0 Å². The van der Waals surface area contributed by atoms with Gasteiger partial charge in [0.25, 0.3) is 5.91 Å². The van der Waals surface area contributed by atoms with Crippen molar-refractivity contribution in [3.05, 3.63) is 75.6 Å². The third-order valence-electron chi connectivity index (χ3n) is 8.37. The van der Waals surface area contributed by atoms with Gasteiger partial charge in [-0.05, 0) is 61.4 Å². The monoisotopic (exact) mass is 600 g/mol. The molecule has 0 aliphatic carbocycles. The minimum absolute atomic E-state index is 0.0690. The van der Waals surface area contributed by atoms with Crippen molar-refractivity contribution in [1.82, 2.24) is 4.90 Å². The summed E-state index contributed by atoms with van der Waals surface area (Å²) in [5.74, 6) is -0.381. The molecular formula is C35H40N2O7. The summed E-state index contributed by atoms with van der Waals surface area (Å²) >= 11 is 0. The van der Waals surface area contributed by atoms with Crippen molar-refractivity contribution < 1.29 is 29.3 Å². The van der Waals surface area contributed by atoms with E-state index in [1.54, 1.807) is 38.3 Å². The van der Waals surface area contributed by atoms with Crippen LogP contribution in [-0.4, -0.2) is 59.4 Å². The molecule has 3 aromatic carbocycles. The molecule has 44 heavy (non-hydrogen) atoms. The molecular weight excluding hydrogens is 560 g/mol. The second-order valence-electron chi connectivity index (χ2n) is 12.1. The number of amides is 1. The fourth-order valence-electron chi connectivity index (χ4n) is 6.25. The normalized spacial score (nSPS) is 14.3. The number of anilines is 1. The number of piperazine rings is 1. The molecule has 1 aliphatic heterocycles. The van der Waals surface area contributed by atoms with Gasteiger partial charge in [0.05, 0.1) is 12.7 Å². The Kier molecular flexibility index (Phi) is 8.76. The predicted octanol–water partition coefficient (Wildman–Crippen LogP) is 6.08. The van der Waals surface area contributed by atoms with Gasteiger partial charge in [0.1, 0.15) is 22.5 Å². The van der Waals surface area contributed by atoms with Crippen molar-refractivity contribution in [2.24, 2.45) is 11.8 Å². The molecule has 1 atom stereocenters. The fourth-order valence-corrected chi connectivity index (χ4v) is 6.25. The highest BCUT2D eigenvalue weighted by molar-refractivity contribution is 5.96. The van der Waals surface area contributed by atoms with Crippen LogP contribution in [0, 0.1) is 18.8 Å². The van der Waals surface area contributed by atoms with Gasteiger partial charge in [0.2, 0.25) is 11.2 Å². The number of aryl methyl sites for hydroxylation is 1. The van der Waals surface area contributed by atoms with E-state index in [-0.39, 0.29) is 28.4 Å². The molecule has 1 aromatic heterocycles. The molecule has 4 aromatic rings. The molecule has 2 heterocycles. The van der Waals surface area contributed by atoms with Gasteiger partial charge < -0.3 is 34.3 Å². The summed E-state index contributed by atoms with van der Waals surface area (Å²) in [7, 11) is 1.64. The molecule has 1 fully saturated rings. The van der Waals surface area contributed by atoms with E-state index in [0.717, 1.165) is 17.9 Å². The lowest BCUT2D eigenvalue weighted by atomic mass is 9.90. The molecule has 0 spiro atoms. The van der Waals surface area contributed by atoms with Crippen LogP contribution in [0.1, 0.15) is 48.9 Å². The predicted molar refractivity (Wildman–Crippen MR) is 171 cm³/mol. The van der Waals surface area contributed by atoms with Gasteiger partial charge in [0.15, 0.2) is 11.5 Å². The third-order valence-corrected chi connectivity index (χ3v) is 8.37. The van der Waals surface area contributed by atoms with Crippen molar-refractivity contribution in [2.75, 3.05) is 38.2 Å². The van der Waals surface area contributed by atoms with Gasteiger partial charge in [-0.2, -0.15) is 0 Å². The molecule has 3 N–H and O–H groups in total. The molecule has 9 heteroatoms. The van der Waals surface area contributed by atoms with Crippen LogP contribution in [0.25, 0.3) is 22.1 Å². The van der Waals surface area contributed by atoms with Crippen molar-refractivity contribution in [2.45, 2.75) is 40.5 Å². The number of hydrogen-bond donors (Lipinski definition) is 3.